The van der Waals surface area contributed by atoms with E-state index in [9.17, 15) is 0 Å². The summed E-state index contributed by atoms with van der Waals surface area (Å²) in [6.07, 6.45) is 6.82. The number of fused-ring (bicyclic) bond motifs is 1. The minimum atomic E-state index is 0. The Morgan fingerprint density at radius 2 is 2.04 bits per heavy atom. The summed E-state index contributed by atoms with van der Waals surface area (Å²) in [6.45, 7) is 2.58. The molecule has 0 saturated carbocycles. The van der Waals surface area contributed by atoms with Crippen LogP contribution in [0.1, 0.15) is 23.5 Å². The second-order valence-corrected chi connectivity index (χ2v) is 6.19. The highest BCUT2D eigenvalue weighted by Crippen LogP contribution is 2.36. The lowest BCUT2D eigenvalue weighted by Gasteiger charge is -2.12. The number of imidazole rings is 1. The molecule has 1 aliphatic heterocycles. The standard InChI is InChI=1S/C20H21N3O.ClH/c1-2-4-16(5-3-1)14-24-18-6-7-20-19(12-18)17(13-22-20)8-10-23-11-9-21-15-23;/h1-7,9,11-12,15,17,22H,8,10,13-14H2;1H. The Labute approximate surface area is 154 Å². The summed E-state index contributed by atoms with van der Waals surface area (Å²) >= 11 is 0. The Bertz CT molecular complexity index is 790. The Morgan fingerprint density at radius 3 is 2.84 bits per heavy atom. The van der Waals surface area contributed by atoms with Gasteiger partial charge in [-0.2, -0.15) is 0 Å². The Hall–Kier alpha value is -2.46. The molecule has 1 atom stereocenters. The van der Waals surface area contributed by atoms with E-state index in [1.165, 1.54) is 16.8 Å². The number of benzene rings is 2. The van der Waals surface area contributed by atoms with E-state index in [0.717, 1.165) is 25.3 Å². The SMILES string of the molecule is Cl.c1ccc(COc2ccc3c(c2)C(CCn2ccnc2)CN3)cc1. The van der Waals surface area contributed by atoms with Crippen molar-refractivity contribution in [2.45, 2.75) is 25.5 Å². The van der Waals surface area contributed by atoms with Crippen molar-refractivity contribution in [3.8, 4) is 5.75 Å². The van der Waals surface area contributed by atoms with Gasteiger partial charge in [-0.05, 0) is 35.7 Å². The predicted molar refractivity (Wildman–Crippen MR) is 103 cm³/mol. The smallest absolute Gasteiger partial charge is 0.120 e. The number of nitrogens with one attached hydrogen (secondary N) is 1. The molecule has 0 fully saturated rings. The van der Waals surface area contributed by atoms with Gasteiger partial charge in [-0.3, -0.25) is 0 Å². The summed E-state index contributed by atoms with van der Waals surface area (Å²) in [6, 6.07) is 16.6. The second-order valence-electron chi connectivity index (χ2n) is 6.19. The van der Waals surface area contributed by atoms with Crippen LogP contribution >= 0.6 is 12.4 Å². The van der Waals surface area contributed by atoms with Crippen molar-refractivity contribution >= 4 is 18.1 Å². The highest BCUT2D eigenvalue weighted by atomic mass is 35.5. The van der Waals surface area contributed by atoms with Gasteiger partial charge in [-0.15, -0.1) is 12.4 Å². The monoisotopic (exact) mass is 355 g/mol. The molecule has 4 nitrogen and oxygen atoms in total. The first kappa shape index (κ1) is 17.4. The zero-order valence-corrected chi connectivity index (χ0v) is 14.8. The lowest BCUT2D eigenvalue weighted by Crippen LogP contribution is -2.06. The van der Waals surface area contributed by atoms with Crippen molar-refractivity contribution in [1.82, 2.24) is 9.55 Å². The highest BCUT2D eigenvalue weighted by Gasteiger charge is 2.22. The maximum absolute atomic E-state index is 5.97. The van der Waals surface area contributed by atoms with Gasteiger partial charge in [-0.25, -0.2) is 4.98 Å². The van der Waals surface area contributed by atoms with E-state index in [0.29, 0.717) is 12.5 Å². The molecular formula is C20H22ClN3O. The van der Waals surface area contributed by atoms with Crippen molar-refractivity contribution in [1.29, 1.82) is 0 Å². The van der Waals surface area contributed by atoms with Gasteiger partial charge < -0.3 is 14.6 Å². The minimum absolute atomic E-state index is 0. The van der Waals surface area contributed by atoms with Gasteiger partial charge in [0.2, 0.25) is 0 Å². The van der Waals surface area contributed by atoms with E-state index < -0.39 is 0 Å². The number of hydrogen-bond acceptors (Lipinski definition) is 3. The number of rotatable bonds is 6. The molecule has 1 N–H and O–H groups in total. The van der Waals surface area contributed by atoms with Gasteiger partial charge in [0.15, 0.2) is 0 Å². The third-order valence-corrected chi connectivity index (χ3v) is 4.55. The molecule has 0 saturated heterocycles. The maximum Gasteiger partial charge on any atom is 0.120 e. The van der Waals surface area contributed by atoms with Crippen LogP contribution in [0.3, 0.4) is 0 Å². The van der Waals surface area contributed by atoms with Gasteiger partial charge in [-0.1, -0.05) is 30.3 Å². The average molecular weight is 356 g/mol. The summed E-state index contributed by atoms with van der Waals surface area (Å²) in [5.41, 5.74) is 3.78. The molecule has 2 aromatic carbocycles. The van der Waals surface area contributed by atoms with E-state index in [4.69, 9.17) is 4.74 Å². The lowest BCUT2D eigenvalue weighted by atomic mass is 9.97. The van der Waals surface area contributed by atoms with Crippen LogP contribution < -0.4 is 10.1 Å². The molecule has 25 heavy (non-hydrogen) atoms. The van der Waals surface area contributed by atoms with Crippen LogP contribution in [0.4, 0.5) is 5.69 Å². The minimum Gasteiger partial charge on any atom is -0.489 e. The fourth-order valence-corrected chi connectivity index (χ4v) is 3.19. The fraction of sp³-hybridized carbons (Fsp3) is 0.250. The van der Waals surface area contributed by atoms with Crippen molar-refractivity contribution in [2.24, 2.45) is 0 Å². The van der Waals surface area contributed by atoms with Gasteiger partial charge in [0, 0.05) is 37.1 Å². The number of anilines is 1. The van der Waals surface area contributed by atoms with Crippen molar-refractivity contribution < 1.29 is 4.74 Å². The van der Waals surface area contributed by atoms with E-state index in [1.807, 2.05) is 43.0 Å². The van der Waals surface area contributed by atoms with Crippen molar-refractivity contribution in [2.75, 3.05) is 11.9 Å². The first-order valence-corrected chi connectivity index (χ1v) is 8.39. The molecule has 0 amide bonds. The summed E-state index contributed by atoms with van der Waals surface area (Å²) in [5.74, 6) is 1.46. The number of halogens is 1. The largest absolute Gasteiger partial charge is 0.489 e. The predicted octanol–water partition coefficient (Wildman–Crippen LogP) is 4.48. The first-order chi connectivity index (χ1) is 11.9. The summed E-state index contributed by atoms with van der Waals surface area (Å²) in [7, 11) is 0. The molecule has 0 spiro atoms. The molecule has 130 valence electrons. The van der Waals surface area contributed by atoms with Crippen molar-refractivity contribution in [3.63, 3.8) is 0 Å². The number of aromatic nitrogens is 2. The molecular weight excluding hydrogens is 334 g/mol. The molecule has 5 heteroatoms. The average Bonchev–Trinajstić information content (AvgIpc) is 3.28. The quantitative estimate of drug-likeness (QED) is 0.708. The van der Waals surface area contributed by atoms with Gasteiger partial charge in [0.1, 0.15) is 12.4 Å². The van der Waals surface area contributed by atoms with E-state index in [-0.39, 0.29) is 12.4 Å². The molecule has 4 rings (SSSR count). The van der Waals surface area contributed by atoms with E-state index in [2.05, 4.69) is 39.1 Å². The molecule has 2 heterocycles. The first-order valence-electron chi connectivity index (χ1n) is 8.39. The summed E-state index contributed by atoms with van der Waals surface area (Å²) in [4.78, 5) is 4.11. The lowest BCUT2D eigenvalue weighted by molar-refractivity contribution is 0.306. The van der Waals surface area contributed by atoms with Crippen LogP contribution in [0.15, 0.2) is 67.3 Å². The van der Waals surface area contributed by atoms with Crippen LogP contribution in [-0.2, 0) is 13.2 Å². The maximum atomic E-state index is 5.97. The van der Waals surface area contributed by atoms with Crippen molar-refractivity contribution in [3.05, 3.63) is 78.4 Å². The third-order valence-electron chi connectivity index (χ3n) is 4.55. The van der Waals surface area contributed by atoms with Gasteiger partial charge in [0.05, 0.1) is 6.33 Å². The molecule has 0 bridgehead atoms. The fourth-order valence-electron chi connectivity index (χ4n) is 3.19. The number of hydrogen-bond donors (Lipinski definition) is 1. The number of aryl methyl sites for hydroxylation is 1. The normalized spacial score (nSPS) is 15.1. The third kappa shape index (κ3) is 4.15. The van der Waals surface area contributed by atoms with E-state index in [1.54, 1.807) is 0 Å². The Kier molecular flexibility index (Phi) is 5.61. The highest BCUT2D eigenvalue weighted by molar-refractivity contribution is 5.85. The zero-order valence-electron chi connectivity index (χ0n) is 14.0. The van der Waals surface area contributed by atoms with Crippen LogP contribution in [0.5, 0.6) is 5.75 Å². The van der Waals surface area contributed by atoms with Crippen LogP contribution in [-0.4, -0.2) is 16.1 Å². The Morgan fingerprint density at radius 1 is 1.16 bits per heavy atom. The summed E-state index contributed by atoms with van der Waals surface area (Å²) in [5, 5.41) is 3.50. The number of ether oxygens (including phenoxy) is 1. The van der Waals surface area contributed by atoms with Gasteiger partial charge in [0.25, 0.3) is 0 Å². The van der Waals surface area contributed by atoms with Crippen LogP contribution in [0.25, 0.3) is 0 Å². The summed E-state index contributed by atoms with van der Waals surface area (Å²) < 4.78 is 8.11. The number of nitrogens with zero attached hydrogens (tertiary/aromatic N) is 2. The van der Waals surface area contributed by atoms with Crippen LogP contribution in [0, 0.1) is 0 Å². The molecule has 3 aromatic rings. The molecule has 0 radical (unpaired) electrons. The van der Waals surface area contributed by atoms with Gasteiger partial charge >= 0.3 is 0 Å². The second kappa shape index (κ2) is 8.08. The Balaban J connectivity index is 0.00000182. The molecule has 1 aromatic heterocycles. The zero-order chi connectivity index (χ0) is 16.2. The molecule has 1 aliphatic rings. The van der Waals surface area contributed by atoms with Crippen LogP contribution in [0.2, 0.25) is 0 Å². The molecule has 1 unspecified atom stereocenters. The molecule has 0 aliphatic carbocycles. The topological polar surface area (TPSA) is 39.1 Å². The van der Waals surface area contributed by atoms with E-state index >= 15 is 0 Å².